The minimum atomic E-state index is 0.746. The Hall–Kier alpha value is -0.360. The van der Waals surface area contributed by atoms with Gasteiger partial charge in [-0.25, -0.2) is 4.98 Å². The molecule has 0 saturated heterocycles. The van der Waals surface area contributed by atoms with Gasteiger partial charge in [-0.2, -0.15) is 5.10 Å². The number of rotatable bonds is 0. The van der Waals surface area contributed by atoms with Crippen molar-refractivity contribution in [2.24, 2.45) is 7.05 Å². The van der Waals surface area contributed by atoms with E-state index in [1.807, 2.05) is 14.0 Å². The number of nitrogens with zero attached hydrogens (tertiary/aromatic N) is 3. The molecule has 3 nitrogen and oxygen atoms in total. The summed E-state index contributed by atoms with van der Waals surface area (Å²) in [6.45, 7) is 1.94. The highest BCUT2D eigenvalue weighted by Gasteiger charge is 2.11. The number of aryl methyl sites for hydroxylation is 2. The van der Waals surface area contributed by atoms with E-state index in [0.29, 0.717) is 0 Å². The molecule has 2 aromatic heterocycles. The molecule has 0 bridgehead atoms. The first kappa shape index (κ1) is 9.21. The van der Waals surface area contributed by atoms with Gasteiger partial charge in [0.25, 0.3) is 0 Å². The molecule has 0 aromatic carbocycles. The van der Waals surface area contributed by atoms with E-state index in [0.717, 1.165) is 25.3 Å². The van der Waals surface area contributed by atoms with Gasteiger partial charge in [0.05, 0.1) is 25.9 Å². The van der Waals surface area contributed by atoms with E-state index < -0.39 is 0 Å². The van der Waals surface area contributed by atoms with Crippen LogP contribution < -0.4 is 0 Å². The van der Waals surface area contributed by atoms with Crippen LogP contribution in [0.4, 0.5) is 0 Å². The van der Waals surface area contributed by atoms with Gasteiger partial charge < -0.3 is 0 Å². The van der Waals surface area contributed by atoms with Crippen molar-refractivity contribution >= 4 is 45.2 Å². The zero-order chi connectivity index (χ0) is 9.59. The molecule has 68 valence electrons. The number of halogens is 2. The summed E-state index contributed by atoms with van der Waals surface area (Å²) in [6.07, 6.45) is 1.74. The fourth-order valence-electron chi connectivity index (χ4n) is 1.20. The average molecular weight is 308 g/mol. The van der Waals surface area contributed by atoms with Crippen LogP contribution in [-0.2, 0) is 7.05 Å². The highest BCUT2D eigenvalue weighted by molar-refractivity contribution is 14.1. The van der Waals surface area contributed by atoms with E-state index in [2.05, 4.69) is 32.7 Å². The zero-order valence-corrected chi connectivity index (χ0v) is 10.1. The molecule has 0 aliphatic heterocycles. The van der Waals surface area contributed by atoms with Crippen LogP contribution in [0.15, 0.2) is 6.20 Å². The van der Waals surface area contributed by atoms with Crippen LogP contribution in [0, 0.1) is 10.5 Å². The summed E-state index contributed by atoms with van der Waals surface area (Å²) in [5, 5.41) is 5.77. The van der Waals surface area contributed by atoms with Gasteiger partial charge in [0.1, 0.15) is 0 Å². The SMILES string of the molecule is Cc1nc2c(cnn2C)c(Cl)c1I. The van der Waals surface area contributed by atoms with E-state index in [1.54, 1.807) is 10.9 Å². The molecule has 5 heteroatoms. The van der Waals surface area contributed by atoms with E-state index in [1.165, 1.54) is 0 Å². The molecule has 0 radical (unpaired) electrons. The monoisotopic (exact) mass is 307 g/mol. The summed E-state index contributed by atoms with van der Waals surface area (Å²) in [7, 11) is 1.86. The number of pyridine rings is 1. The van der Waals surface area contributed by atoms with E-state index in [9.17, 15) is 0 Å². The third-order valence-electron chi connectivity index (χ3n) is 1.93. The predicted molar refractivity (Wildman–Crippen MR) is 61.0 cm³/mol. The van der Waals surface area contributed by atoms with Gasteiger partial charge in [-0.05, 0) is 29.5 Å². The first-order valence-electron chi connectivity index (χ1n) is 3.74. The molecule has 0 atom stereocenters. The van der Waals surface area contributed by atoms with Gasteiger partial charge >= 0.3 is 0 Å². The van der Waals surface area contributed by atoms with Crippen molar-refractivity contribution in [1.82, 2.24) is 14.8 Å². The molecule has 0 aliphatic carbocycles. The van der Waals surface area contributed by atoms with Gasteiger partial charge in [0.2, 0.25) is 0 Å². The lowest BCUT2D eigenvalue weighted by atomic mass is 10.3. The lowest BCUT2D eigenvalue weighted by Gasteiger charge is -2.01. The Bertz CT molecular complexity index is 478. The molecule has 0 N–H and O–H groups in total. The molecule has 0 unspecified atom stereocenters. The van der Waals surface area contributed by atoms with Crippen molar-refractivity contribution in [1.29, 1.82) is 0 Å². The summed E-state index contributed by atoms with van der Waals surface area (Å²) in [5.74, 6) is 0. The second-order valence-electron chi connectivity index (χ2n) is 2.83. The Balaban J connectivity index is 2.96. The number of fused-ring (bicyclic) bond motifs is 1. The lowest BCUT2D eigenvalue weighted by Crippen LogP contribution is -1.95. The van der Waals surface area contributed by atoms with Gasteiger partial charge in [-0.15, -0.1) is 0 Å². The standard InChI is InChI=1S/C8H7ClIN3/c1-4-7(10)6(9)5-3-11-13(2)8(5)12-4/h3H,1-2H3. The molecule has 13 heavy (non-hydrogen) atoms. The fraction of sp³-hybridized carbons (Fsp3) is 0.250. The zero-order valence-electron chi connectivity index (χ0n) is 7.17. The maximum absolute atomic E-state index is 6.14. The summed E-state index contributed by atoms with van der Waals surface area (Å²) < 4.78 is 2.73. The van der Waals surface area contributed by atoms with Crippen molar-refractivity contribution in [3.8, 4) is 0 Å². The molecule has 2 aromatic rings. The molecule has 0 spiro atoms. The minimum absolute atomic E-state index is 0.746. The van der Waals surface area contributed by atoms with Crippen molar-refractivity contribution in [2.75, 3.05) is 0 Å². The third-order valence-corrected chi connectivity index (χ3v) is 3.96. The molecule has 0 aliphatic rings. The van der Waals surface area contributed by atoms with Crippen molar-refractivity contribution in [3.05, 3.63) is 20.5 Å². The van der Waals surface area contributed by atoms with Crippen LogP contribution >= 0.6 is 34.2 Å². The average Bonchev–Trinajstić information content (AvgIpc) is 2.45. The molecule has 2 heterocycles. The molecule has 0 saturated carbocycles. The van der Waals surface area contributed by atoms with Gasteiger partial charge in [0.15, 0.2) is 5.65 Å². The van der Waals surface area contributed by atoms with E-state index in [4.69, 9.17) is 11.6 Å². The Labute approximate surface area is 94.2 Å². The van der Waals surface area contributed by atoms with Gasteiger partial charge in [-0.3, -0.25) is 4.68 Å². The summed E-state index contributed by atoms with van der Waals surface area (Å²) >= 11 is 8.34. The molecule has 0 amide bonds. The predicted octanol–water partition coefficient (Wildman–Crippen LogP) is 2.53. The van der Waals surface area contributed by atoms with E-state index >= 15 is 0 Å². The second-order valence-corrected chi connectivity index (χ2v) is 4.29. The summed E-state index contributed by atoms with van der Waals surface area (Å²) in [5.41, 5.74) is 1.78. The molecular weight excluding hydrogens is 300 g/mol. The van der Waals surface area contributed by atoms with Crippen LogP contribution in [0.1, 0.15) is 5.69 Å². The minimum Gasteiger partial charge on any atom is -0.250 e. The van der Waals surface area contributed by atoms with Crippen LogP contribution in [0.2, 0.25) is 5.02 Å². The Morgan fingerprint density at radius 2 is 2.23 bits per heavy atom. The second kappa shape index (κ2) is 3.09. The Morgan fingerprint density at radius 1 is 1.54 bits per heavy atom. The Morgan fingerprint density at radius 3 is 2.92 bits per heavy atom. The maximum Gasteiger partial charge on any atom is 0.159 e. The topological polar surface area (TPSA) is 30.7 Å². The summed E-state index contributed by atoms with van der Waals surface area (Å²) in [4.78, 5) is 4.40. The number of hydrogen-bond acceptors (Lipinski definition) is 2. The van der Waals surface area contributed by atoms with Crippen molar-refractivity contribution in [3.63, 3.8) is 0 Å². The summed E-state index contributed by atoms with van der Waals surface area (Å²) in [6, 6.07) is 0. The van der Waals surface area contributed by atoms with E-state index in [-0.39, 0.29) is 0 Å². The molecular formula is C8H7ClIN3. The van der Waals surface area contributed by atoms with Crippen molar-refractivity contribution in [2.45, 2.75) is 6.92 Å². The maximum atomic E-state index is 6.14. The molecule has 2 rings (SSSR count). The van der Waals surface area contributed by atoms with Gasteiger partial charge in [0, 0.05) is 7.05 Å². The van der Waals surface area contributed by atoms with Crippen LogP contribution in [0.5, 0.6) is 0 Å². The highest BCUT2D eigenvalue weighted by atomic mass is 127. The lowest BCUT2D eigenvalue weighted by molar-refractivity contribution is 0.784. The van der Waals surface area contributed by atoms with Crippen LogP contribution in [0.25, 0.3) is 11.0 Å². The molecule has 0 fully saturated rings. The quantitative estimate of drug-likeness (QED) is 0.700. The van der Waals surface area contributed by atoms with Gasteiger partial charge in [-0.1, -0.05) is 11.6 Å². The smallest absolute Gasteiger partial charge is 0.159 e. The first-order valence-corrected chi connectivity index (χ1v) is 5.20. The van der Waals surface area contributed by atoms with Crippen LogP contribution in [0.3, 0.4) is 0 Å². The normalized spacial score (nSPS) is 11.1. The van der Waals surface area contributed by atoms with Crippen molar-refractivity contribution < 1.29 is 0 Å². The highest BCUT2D eigenvalue weighted by Crippen LogP contribution is 2.28. The number of hydrogen-bond donors (Lipinski definition) is 0. The largest absolute Gasteiger partial charge is 0.250 e. The first-order chi connectivity index (χ1) is 6.11. The third kappa shape index (κ3) is 1.32. The fourth-order valence-corrected chi connectivity index (χ4v) is 1.88. The number of aromatic nitrogens is 3. The van der Waals surface area contributed by atoms with Crippen LogP contribution in [-0.4, -0.2) is 14.8 Å². The Kier molecular flexibility index (Phi) is 2.19.